The smallest absolute Gasteiger partial charge is 0.219 e. The van der Waals surface area contributed by atoms with Gasteiger partial charge in [0.1, 0.15) is 18.0 Å². The van der Waals surface area contributed by atoms with Crippen LogP contribution in [0.2, 0.25) is 0 Å². The molecule has 0 radical (unpaired) electrons. The minimum atomic E-state index is -0.420. The van der Waals surface area contributed by atoms with Crippen LogP contribution < -0.4 is 15.4 Å². The molecule has 45 heavy (non-hydrogen) atoms. The summed E-state index contributed by atoms with van der Waals surface area (Å²) in [7, 11) is 8.15. The Morgan fingerprint density at radius 3 is 2.78 bits per heavy atom. The SMILES string of the molecule is COC1CCN(C)C1C(C)Oc1cc(N2CCC(N(C)C)C2)nc(-c2noc3c2CCCC32CCc3ccc(N)c(C#N)c32)n1. The van der Waals surface area contributed by atoms with Crippen molar-refractivity contribution in [1.82, 2.24) is 24.9 Å². The summed E-state index contributed by atoms with van der Waals surface area (Å²) in [6, 6.07) is 8.85. The lowest BCUT2D eigenvalue weighted by molar-refractivity contribution is 0.0174. The molecule has 2 saturated heterocycles. The van der Waals surface area contributed by atoms with E-state index in [4.69, 9.17) is 29.7 Å². The van der Waals surface area contributed by atoms with Gasteiger partial charge in [0.25, 0.3) is 0 Å². The first-order valence-corrected chi connectivity index (χ1v) is 16.3. The van der Waals surface area contributed by atoms with Gasteiger partial charge in [-0.2, -0.15) is 10.2 Å². The highest BCUT2D eigenvalue weighted by Crippen LogP contribution is 2.54. The summed E-state index contributed by atoms with van der Waals surface area (Å²) in [4.78, 5) is 17.0. The van der Waals surface area contributed by atoms with E-state index in [1.807, 2.05) is 12.1 Å². The van der Waals surface area contributed by atoms with Crippen LogP contribution >= 0.6 is 0 Å². The number of nitrogens with zero attached hydrogens (tertiary/aromatic N) is 7. The second-order valence-electron chi connectivity index (χ2n) is 13.5. The summed E-state index contributed by atoms with van der Waals surface area (Å²) >= 11 is 0. The van der Waals surface area contributed by atoms with Crippen LogP contribution in [0.3, 0.4) is 0 Å². The molecule has 0 saturated carbocycles. The lowest BCUT2D eigenvalue weighted by atomic mass is 9.68. The largest absolute Gasteiger partial charge is 0.473 e. The fourth-order valence-corrected chi connectivity index (χ4v) is 8.49. The Balaban J connectivity index is 1.29. The fourth-order valence-electron chi connectivity index (χ4n) is 8.49. The van der Waals surface area contributed by atoms with Gasteiger partial charge in [0.05, 0.1) is 23.1 Å². The number of anilines is 2. The van der Waals surface area contributed by atoms with E-state index >= 15 is 0 Å². The highest BCUT2D eigenvalue weighted by Gasteiger charge is 2.49. The van der Waals surface area contributed by atoms with Crippen molar-refractivity contribution >= 4 is 11.5 Å². The highest BCUT2D eigenvalue weighted by atomic mass is 16.5. The van der Waals surface area contributed by atoms with Crippen molar-refractivity contribution in [1.29, 1.82) is 5.26 Å². The molecule has 3 aromatic rings. The van der Waals surface area contributed by atoms with Crippen LogP contribution in [0.25, 0.3) is 11.5 Å². The number of nitrogens with two attached hydrogens (primary N) is 1. The van der Waals surface area contributed by atoms with Crippen molar-refractivity contribution in [2.45, 2.75) is 81.6 Å². The molecule has 7 rings (SSSR count). The average molecular weight is 613 g/mol. The van der Waals surface area contributed by atoms with Crippen LogP contribution in [0.15, 0.2) is 22.7 Å². The number of nitrogen functional groups attached to an aromatic ring is 1. The third-order valence-corrected chi connectivity index (χ3v) is 10.9. The summed E-state index contributed by atoms with van der Waals surface area (Å²) in [6.07, 6.45) is 6.38. The highest BCUT2D eigenvalue weighted by molar-refractivity contribution is 5.68. The molecule has 11 nitrogen and oxygen atoms in total. The second-order valence-corrected chi connectivity index (χ2v) is 13.5. The maximum Gasteiger partial charge on any atom is 0.219 e. The number of likely N-dealkylation sites (tertiary alicyclic amines) is 1. The predicted molar refractivity (Wildman–Crippen MR) is 171 cm³/mol. The van der Waals surface area contributed by atoms with Crippen molar-refractivity contribution in [2.75, 3.05) is 58.5 Å². The molecule has 0 bridgehead atoms. The topological polar surface area (TPSA) is 130 Å². The van der Waals surface area contributed by atoms with Gasteiger partial charge in [0.2, 0.25) is 5.88 Å². The van der Waals surface area contributed by atoms with E-state index in [0.29, 0.717) is 34.7 Å². The number of hydrogen-bond donors (Lipinski definition) is 1. The normalized spacial score (nSPS) is 26.8. The van der Waals surface area contributed by atoms with Crippen LogP contribution in [-0.4, -0.2) is 97.1 Å². The molecule has 4 heterocycles. The molecule has 2 aliphatic heterocycles. The summed E-state index contributed by atoms with van der Waals surface area (Å²) in [6.45, 7) is 4.84. The van der Waals surface area contributed by atoms with Gasteiger partial charge in [-0.3, -0.25) is 4.90 Å². The Hall–Kier alpha value is -3.72. The van der Waals surface area contributed by atoms with Crippen molar-refractivity contribution in [3.8, 4) is 23.5 Å². The molecule has 238 valence electrons. The van der Waals surface area contributed by atoms with Gasteiger partial charge in [0.15, 0.2) is 17.3 Å². The molecular weight excluding hydrogens is 568 g/mol. The van der Waals surface area contributed by atoms with E-state index in [0.717, 1.165) is 87.3 Å². The number of aromatic nitrogens is 3. The molecular formula is C34H44N8O3. The number of hydrogen-bond acceptors (Lipinski definition) is 11. The molecule has 11 heteroatoms. The lowest BCUT2D eigenvalue weighted by Gasteiger charge is -2.33. The van der Waals surface area contributed by atoms with Crippen LogP contribution in [0.5, 0.6) is 5.88 Å². The van der Waals surface area contributed by atoms with E-state index in [9.17, 15) is 5.26 Å². The number of nitriles is 1. The van der Waals surface area contributed by atoms with Crippen LogP contribution in [0.4, 0.5) is 11.5 Å². The molecule has 4 aliphatic rings. The number of ether oxygens (including phenoxy) is 2. The van der Waals surface area contributed by atoms with Gasteiger partial charge in [-0.1, -0.05) is 11.2 Å². The quantitative estimate of drug-likeness (QED) is 0.391. The van der Waals surface area contributed by atoms with Gasteiger partial charge in [-0.05, 0) is 90.2 Å². The van der Waals surface area contributed by atoms with E-state index in [1.165, 1.54) is 5.56 Å². The molecule has 1 aromatic carbocycles. The maximum absolute atomic E-state index is 10.1. The predicted octanol–water partition coefficient (Wildman–Crippen LogP) is 3.78. The average Bonchev–Trinajstić information content (AvgIpc) is 3.83. The summed E-state index contributed by atoms with van der Waals surface area (Å²) in [5.41, 5.74) is 10.9. The molecule has 2 aliphatic carbocycles. The molecule has 2 N–H and O–H groups in total. The monoisotopic (exact) mass is 612 g/mol. The molecule has 2 fully saturated rings. The van der Waals surface area contributed by atoms with E-state index in [1.54, 1.807) is 7.11 Å². The van der Waals surface area contributed by atoms with Crippen LogP contribution in [0.1, 0.15) is 67.0 Å². The number of fused-ring (bicyclic) bond motifs is 4. The third kappa shape index (κ3) is 4.94. The van der Waals surface area contributed by atoms with Crippen LogP contribution in [0, 0.1) is 11.3 Å². The first-order valence-electron chi connectivity index (χ1n) is 16.3. The second kappa shape index (κ2) is 11.6. The van der Waals surface area contributed by atoms with Gasteiger partial charge in [0, 0.05) is 50.1 Å². The van der Waals surface area contributed by atoms with Gasteiger partial charge in [-0.15, -0.1) is 0 Å². The van der Waals surface area contributed by atoms with Gasteiger partial charge < -0.3 is 29.5 Å². The summed E-state index contributed by atoms with van der Waals surface area (Å²) < 4.78 is 18.7. The lowest BCUT2D eigenvalue weighted by Crippen LogP contribution is -2.44. The van der Waals surface area contributed by atoms with Gasteiger partial charge >= 0.3 is 0 Å². The number of benzene rings is 1. The number of methoxy groups -OCH3 is 1. The standard InChI is InChI=1S/C34H44N8O3/c1-20(31-26(43-5)12-15-41(31)4)44-28-17-27(42-16-11-22(19-42)40(2)3)37-33(38-28)30-23-7-6-13-34(32(23)45-39-30)14-10-21-8-9-25(36)24(18-35)29(21)34/h8-9,17,20,22,26,31H,6-7,10-16,19,36H2,1-5H3. The Kier molecular flexibility index (Phi) is 7.71. The van der Waals surface area contributed by atoms with Crippen molar-refractivity contribution < 1.29 is 14.0 Å². The number of aryl methyl sites for hydroxylation is 1. The zero-order chi connectivity index (χ0) is 31.5. The fraction of sp³-hybridized carbons (Fsp3) is 0.588. The van der Waals surface area contributed by atoms with Gasteiger partial charge in [-0.25, -0.2) is 4.98 Å². The van der Waals surface area contributed by atoms with Crippen molar-refractivity contribution in [2.24, 2.45) is 0 Å². The number of rotatable bonds is 7. The molecule has 1 spiro atoms. The Morgan fingerprint density at radius 1 is 1.18 bits per heavy atom. The minimum absolute atomic E-state index is 0.102. The number of likely N-dealkylation sites (N-methyl/N-ethyl adjacent to an activating group) is 2. The first kappa shape index (κ1) is 30.0. The minimum Gasteiger partial charge on any atom is -0.473 e. The molecule has 0 amide bonds. The Bertz CT molecular complexity index is 1630. The zero-order valence-corrected chi connectivity index (χ0v) is 27.0. The van der Waals surface area contributed by atoms with Crippen molar-refractivity contribution in [3.63, 3.8) is 0 Å². The zero-order valence-electron chi connectivity index (χ0n) is 27.0. The first-order chi connectivity index (χ1) is 21.7. The third-order valence-electron chi connectivity index (χ3n) is 10.9. The van der Waals surface area contributed by atoms with E-state index in [2.05, 4.69) is 60.1 Å². The Morgan fingerprint density at radius 2 is 2.02 bits per heavy atom. The van der Waals surface area contributed by atoms with Crippen molar-refractivity contribution in [3.05, 3.63) is 46.2 Å². The molecule has 5 unspecified atom stereocenters. The summed E-state index contributed by atoms with van der Waals surface area (Å²) in [5, 5.41) is 14.8. The van der Waals surface area contributed by atoms with E-state index in [-0.39, 0.29) is 18.2 Å². The molecule has 2 aromatic heterocycles. The summed E-state index contributed by atoms with van der Waals surface area (Å²) in [5.74, 6) is 2.71. The maximum atomic E-state index is 10.1. The van der Waals surface area contributed by atoms with E-state index < -0.39 is 5.41 Å². The van der Waals surface area contributed by atoms with Crippen LogP contribution in [-0.2, 0) is 23.0 Å². The Labute approximate surface area is 265 Å². The molecule has 5 atom stereocenters.